The van der Waals surface area contributed by atoms with Gasteiger partial charge in [0.1, 0.15) is 0 Å². The molecule has 0 fully saturated rings. The second kappa shape index (κ2) is 10.6. The topological polar surface area (TPSA) is 17.1 Å². The first-order chi connectivity index (χ1) is 2.27. The minimum Gasteiger partial charge on any atom is 0 e. The number of hydrogen-bond acceptors (Lipinski definition) is 1. The maximum absolute atomic E-state index is 9.61. The minimum atomic E-state index is -0.171. The van der Waals surface area contributed by atoms with E-state index in [0.29, 0.717) is 0 Å². The third kappa shape index (κ3) is 18.4. The average molecular weight is 437 g/mol. The molecule has 0 aliphatic carbocycles. The molecule has 0 rings (SSSR count). The van der Waals surface area contributed by atoms with Gasteiger partial charge < -0.3 is 0 Å². The molecule has 0 bridgehead atoms. The summed E-state index contributed by atoms with van der Waals surface area (Å²) in [5.41, 5.74) is 0. The van der Waals surface area contributed by atoms with Crippen LogP contribution in [0.2, 0.25) is 0 Å². The second-order valence-electron chi connectivity index (χ2n) is 0.471. The van der Waals surface area contributed by atoms with E-state index in [0.717, 1.165) is 0 Å². The van der Waals surface area contributed by atoms with E-state index in [2.05, 4.69) is 27.6 Å². The van der Waals surface area contributed by atoms with Crippen LogP contribution in [0.25, 0.3) is 0 Å². The summed E-state index contributed by atoms with van der Waals surface area (Å²) in [5, 5.41) is 0. The largest absolute Gasteiger partial charge is 0 e. The molecular weight excluding hydrogens is 434 g/mol. The van der Waals surface area contributed by atoms with Crippen LogP contribution in [0.4, 0.5) is 0 Å². The van der Waals surface area contributed by atoms with Crippen molar-refractivity contribution in [3.05, 3.63) is 12.7 Å². The molecule has 0 N–H and O–H groups in total. The summed E-state index contributed by atoms with van der Waals surface area (Å²) in [5.74, 6) is 0. The number of hydrogen-bond donors (Lipinski definition) is 0. The van der Waals surface area contributed by atoms with Crippen LogP contribution in [0, 0.1) is 0 Å². The van der Waals surface area contributed by atoms with Crippen molar-refractivity contribution in [1.29, 1.82) is 0 Å². The molecule has 4 heteroatoms. The van der Waals surface area contributed by atoms with Gasteiger partial charge in [-0.15, -0.1) is 0 Å². The van der Waals surface area contributed by atoms with Crippen molar-refractivity contribution < 1.29 is 70.6 Å². The van der Waals surface area contributed by atoms with Gasteiger partial charge in [0, 0.05) is 44.8 Å². The summed E-state index contributed by atoms with van der Waals surface area (Å²) < 4.78 is -0.171. The van der Waals surface area contributed by atoms with Crippen LogP contribution in [0.15, 0.2) is 12.7 Å². The standard InChI is InChI=1S/C3H3O.Ag.Nb.Ta/c1-2-3-4;;;/h2H,1H2;;;. The van der Waals surface area contributed by atoms with Gasteiger partial charge in [-0.1, -0.05) is 0 Å². The Bertz CT molecular complexity index is 66.0. The van der Waals surface area contributed by atoms with Gasteiger partial charge in [0.15, 0.2) is 0 Å². The summed E-state index contributed by atoms with van der Waals surface area (Å²) in [6, 6.07) is 0. The third-order valence-electron chi connectivity index (χ3n) is 0.145. The molecule has 0 heterocycles. The molecule has 0 unspecified atom stereocenters. The summed E-state index contributed by atoms with van der Waals surface area (Å²) in [7, 11) is 0. The van der Waals surface area contributed by atoms with Crippen molar-refractivity contribution in [3.63, 3.8) is 0 Å². The van der Waals surface area contributed by atoms with Crippen molar-refractivity contribution in [1.82, 2.24) is 0 Å². The second-order valence-corrected chi connectivity index (χ2v) is 1.20. The van der Waals surface area contributed by atoms with Crippen molar-refractivity contribution >= 4 is 4.00 Å². The van der Waals surface area contributed by atoms with Crippen molar-refractivity contribution in [2.24, 2.45) is 0 Å². The zero-order valence-electron chi connectivity index (χ0n) is 3.39. The molecular formula is C3H3AgNbOTa. The fourth-order valence-electron chi connectivity index (χ4n) is 0. The predicted octanol–water partition coefficient (Wildman–Crippen LogP) is 0.241. The first-order valence-corrected chi connectivity index (χ1v) is 1.79. The Morgan fingerprint density at radius 1 is 1.71 bits per heavy atom. The fraction of sp³-hybridized carbons (Fsp3) is 0. The Labute approximate surface area is 86.2 Å². The molecule has 7 heavy (non-hydrogen) atoms. The van der Waals surface area contributed by atoms with E-state index >= 15 is 0 Å². The normalized spacial score (nSPS) is 4.86. The monoisotopic (exact) mass is 436 g/mol. The maximum Gasteiger partial charge on any atom is 0 e. The van der Waals surface area contributed by atoms with Crippen LogP contribution in [0.5, 0.6) is 0 Å². The quantitative estimate of drug-likeness (QED) is 0.425. The van der Waals surface area contributed by atoms with Crippen LogP contribution >= 0.6 is 0 Å². The Balaban J connectivity index is -0.0000000800. The van der Waals surface area contributed by atoms with E-state index < -0.39 is 0 Å². The van der Waals surface area contributed by atoms with Crippen LogP contribution in [0.3, 0.4) is 0 Å². The van der Waals surface area contributed by atoms with Gasteiger partial charge in [0.05, 0.1) is 0 Å². The molecule has 0 aromatic heterocycles. The SMILES string of the molecule is C=C[C](=O)[Ag].[Nb].[Ta]. The number of allylic oxidation sites excluding steroid dienone is 1. The molecule has 0 aliphatic rings. The molecule has 0 spiro atoms. The Hall–Kier alpha value is 1.63. The molecule has 0 aromatic carbocycles. The van der Waals surface area contributed by atoms with Gasteiger partial charge in [-0.25, -0.2) is 0 Å². The van der Waals surface area contributed by atoms with E-state index in [1.807, 2.05) is 0 Å². The van der Waals surface area contributed by atoms with Crippen LogP contribution in [0.1, 0.15) is 0 Å². The van der Waals surface area contributed by atoms with Gasteiger partial charge >= 0.3 is 42.5 Å². The van der Waals surface area contributed by atoms with Gasteiger partial charge in [-0.2, -0.15) is 0 Å². The van der Waals surface area contributed by atoms with E-state index in [9.17, 15) is 4.79 Å². The van der Waals surface area contributed by atoms with Gasteiger partial charge in [0.2, 0.25) is 0 Å². The van der Waals surface area contributed by atoms with E-state index in [4.69, 9.17) is 0 Å². The van der Waals surface area contributed by atoms with E-state index in [-0.39, 0.29) is 48.8 Å². The summed E-state index contributed by atoms with van der Waals surface area (Å²) in [6.07, 6.45) is 1.19. The first kappa shape index (κ1) is 15.9. The number of carbonyl (C=O) groups is 1. The molecule has 42 valence electrons. The fourth-order valence-corrected chi connectivity index (χ4v) is 0. The van der Waals surface area contributed by atoms with Crippen LogP contribution < -0.4 is 0 Å². The third-order valence-corrected chi connectivity index (χ3v) is 0.447. The minimum absolute atomic E-state index is 0. The molecule has 2 radical (unpaired) electrons. The van der Waals surface area contributed by atoms with Crippen molar-refractivity contribution in [3.8, 4) is 0 Å². The van der Waals surface area contributed by atoms with Gasteiger partial charge in [-0.3, -0.25) is 0 Å². The van der Waals surface area contributed by atoms with Crippen molar-refractivity contribution in [2.45, 2.75) is 0 Å². The molecule has 0 aliphatic heterocycles. The molecule has 1 nitrogen and oxygen atoms in total. The zero-order chi connectivity index (χ0) is 4.28. The Morgan fingerprint density at radius 2 is 1.86 bits per heavy atom. The van der Waals surface area contributed by atoms with Crippen molar-refractivity contribution in [2.75, 3.05) is 0 Å². The molecule has 0 atom stereocenters. The summed E-state index contributed by atoms with van der Waals surface area (Å²) >= 11 is 2.63. The van der Waals surface area contributed by atoms with Gasteiger partial charge in [-0.05, 0) is 0 Å². The van der Waals surface area contributed by atoms with Crippen LogP contribution in [-0.4, -0.2) is 4.00 Å². The first-order valence-electron chi connectivity index (χ1n) is 1.05. The number of rotatable bonds is 1. The van der Waals surface area contributed by atoms with E-state index in [1.54, 1.807) is 0 Å². The Kier molecular flexibility index (Phi) is 24.0. The molecule has 0 aromatic rings. The molecule has 0 amide bonds. The zero-order valence-corrected chi connectivity index (χ0v) is 10.3. The Morgan fingerprint density at radius 3 is 1.86 bits per heavy atom. The average Bonchev–Trinajstić information content (AvgIpc) is 1.38. The van der Waals surface area contributed by atoms with Gasteiger partial charge in [0.25, 0.3) is 0 Å². The predicted molar refractivity (Wildman–Crippen MR) is 15.2 cm³/mol. The maximum atomic E-state index is 9.61. The van der Waals surface area contributed by atoms with E-state index in [1.165, 1.54) is 6.08 Å². The molecule has 0 saturated carbocycles. The number of carbonyl (C=O) groups excluding carboxylic acids is 1. The van der Waals surface area contributed by atoms with Crippen LogP contribution in [-0.2, 0) is 70.6 Å². The summed E-state index contributed by atoms with van der Waals surface area (Å²) in [4.78, 5) is 9.61. The molecule has 0 saturated heterocycles. The summed E-state index contributed by atoms with van der Waals surface area (Å²) in [6.45, 7) is 3.16. The smallest absolute Gasteiger partial charge is 0 e.